The predicted molar refractivity (Wildman–Crippen MR) is 75.6 cm³/mol. The molecule has 0 aromatic rings. The normalized spacial score (nSPS) is 24.2. The van der Waals surface area contributed by atoms with Crippen molar-refractivity contribution in [3.63, 3.8) is 0 Å². The van der Waals surface area contributed by atoms with Crippen LogP contribution in [-0.4, -0.2) is 42.9 Å². The van der Waals surface area contributed by atoms with Crippen LogP contribution in [0.15, 0.2) is 0 Å². The van der Waals surface area contributed by atoms with E-state index in [4.69, 9.17) is 9.84 Å². The van der Waals surface area contributed by atoms with Gasteiger partial charge >= 0.3 is 12.0 Å². The summed E-state index contributed by atoms with van der Waals surface area (Å²) in [7, 11) is 1.61. The van der Waals surface area contributed by atoms with Gasteiger partial charge in [0.05, 0.1) is 18.6 Å². The SMILES string of the molecule is COCC(NC(=O)NC1CCC(C(=O)O)CC1)C(C)C. The van der Waals surface area contributed by atoms with Gasteiger partial charge in [0.1, 0.15) is 0 Å². The molecule has 1 fully saturated rings. The van der Waals surface area contributed by atoms with Crippen LogP contribution < -0.4 is 10.6 Å². The van der Waals surface area contributed by atoms with Crippen LogP contribution in [0.25, 0.3) is 0 Å². The fourth-order valence-corrected chi connectivity index (χ4v) is 2.46. The van der Waals surface area contributed by atoms with Crippen LogP contribution in [0.2, 0.25) is 0 Å². The number of aliphatic carboxylic acids is 1. The average molecular weight is 286 g/mol. The molecule has 0 saturated heterocycles. The summed E-state index contributed by atoms with van der Waals surface area (Å²) in [6, 6.07) is -0.143. The van der Waals surface area contributed by atoms with Crippen LogP contribution in [-0.2, 0) is 9.53 Å². The topological polar surface area (TPSA) is 87.7 Å². The van der Waals surface area contributed by atoms with Crippen molar-refractivity contribution in [2.45, 2.75) is 51.6 Å². The Balaban J connectivity index is 2.34. The van der Waals surface area contributed by atoms with E-state index >= 15 is 0 Å². The number of hydrogen-bond acceptors (Lipinski definition) is 3. The van der Waals surface area contributed by atoms with Crippen LogP contribution in [0, 0.1) is 11.8 Å². The molecule has 1 aliphatic carbocycles. The summed E-state index contributed by atoms with van der Waals surface area (Å²) in [6.07, 6.45) is 2.71. The van der Waals surface area contributed by atoms with Gasteiger partial charge < -0.3 is 20.5 Å². The second-order valence-electron chi connectivity index (χ2n) is 5.81. The number of nitrogens with one attached hydrogen (secondary N) is 2. The predicted octanol–water partition coefficient (Wildman–Crippen LogP) is 1.60. The summed E-state index contributed by atoms with van der Waals surface area (Å²) >= 11 is 0. The van der Waals surface area contributed by atoms with Crippen LogP contribution in [0.5, 0.6) is 0 Å². The van der Waals surface area contributed by atoms with E-state index in [1.807, 2.05) is 13.8 Å². The molecule has 0 heterocycles. The van der Waals surface area contributed by atoms with Crippen molar-refractivity contribution in [2.75, 3.05) is 13.7 Å². The average Bonchev–Trinajstić information content (AvgIpc) is 2.38. The Kier molecular flexibility index (Phi) is 6.78. The van der Waals surface area contributed by atoms with E-state index in [0.717, 1.165) is 12.8 Å². The number of carbonyl (C=O) groups is 2. The highest BCUT2D eigenvalue weighted by Gasteiger charge is 2.27. The molecule has 0 aromatic heterocycles. The molecule has 20 heavy (non-hydrogen) atoms. The number of amides is 2. The summed E-state index contributed by atoms with van der Waals surface area (Å²) in [5, 5.41) is 14.8. The molecular formula is C14H26N2O4. The van der Waals surface area contributed by atoms with Gasteiger partial charge in [0.15, 0.2) is 0 Å². The number of carboxylic acid groups (broad SMARTS) is 1. The first kappa shape index (κ1) is 16.8. The van der Waals surface area contributed by atoms with Crippen LogP contribution in [0.1, 0.15) is 39.5 Å². The molecule has 0 spiro atoms. The third kappa shape index (κ3) is 5.36. The standard InChI is InChI=1S/C14H26N2O4/c1-9(2)12(8-20-3)16-14(19)15-11-6-4-10(5-7-11)13(17)18/h9-12H,4-8H2,1-3H3,(H,17,18)(H2,15,16,19). The molecule has 0 aromatic carbocycles. The van der Waals surface area contributed by atoms with Crippen LogP contribution >= 0.6 is 0 Å². The van der Waals surface area contributed by atoms with Gasteiger partial charge in [-0.15, -0.1) is 0 Å². The van der Waals surface area contributed by atoms with Gasteiger partial charge in [-0.3, -0.25) is 4.79 Å². The minimum atomic E-state index is -0.729. The molecule has 2 amide bonds. The van der Waals surface area contributed by atoms with Gasteiger partial charge in [0.25, 0.3) is 0 Å². The molecule has 0 aliphatic heterocycles. The number of ether oxygens (including phenoxy) is 1. The Morgan fingerprint density at radius 3 is 2.30 bits per heavy atom. The highest BCUT2D eigenvalue weighted by molar-refractivity contribution is 5.74. The maximum absolute atomic E-state index is 11.9. The first-order valence-corrected chi connectivity index (χ1v) is 7.22. The van der Waals surface area contributed by atoms with Gasteiger partial charge in [-0.05, 0) is 31.6 Å². The number of rotatable bonds is 6. The number of hydrogen-bond donors (Lipinski definition) is 3. The quantitative estimate of drug-likeness (QED) is 0.692. The van der Waals surface area contributed by atoms with Crippen molar-refractivity contribution in [2.24, 2.45) is 11.8 Å². The number of carbonyl (C=O) groups excluding carboxylic acids is 1. The molecule has 116 valence electrons. The Bertz CT molecular complexity index is 325. The zero-order valence-corrected chi connectivity index (χ0v) is 12.5. The lowest BCUT2D eigenvalue weighted by molar-refractivity contribution is -0.142. The summed E-state index contributed by atoms with van der Waals surface area (Å²) < 4.78 is 5.09. The minimum Gasteiger partial charge on any atom is -0.481 e. The highest BCUT2D eigenvalue weighted by atomic mass is 16.5. The second kappa shape index (κ2) is 8.09. The molecule has 6 heteroatoms. The molecule has 1 rings (SSSR count). The van der Waals surface area contributed by atoms with E-state index < -0.39 is 5.97 Å². The van der Waals surface area contributed by atoms with E-state index in [-0.39, 0.29) is 24.0 Å². The van der Waals surface area contributed by atoms with E-state index in [0.29, 0.717) is 25.4 Å². The minimum absolute atomic E-state index is 0.0182. The van der Waals surface area contributed by atoms with Crippen molar-refractivity contribution < 1.29 is 19.4 Å². The van der Waals surface area contributed by atoms with Crippen molar-refractivity contribution >= 4 is 12.0 Å². The molecule has 3 N–H and O–H groups in total. The zero-order chi connectivity index (χ0) is 15.1. The maximum Gasteiger partial charge on any atom is 0.315 e. The Labute approximate surface area is 120 Å². The van der Waals surface area contributed by atoms with Gasteiger partial charge in [0.2, 0.25) is 0 Å². The van der Waals surface area contributed by atoms with Gasteiger partial charge in [0, 0.05) is 13.2 Å². The van der Waals surface area contributed by atoms with Crippen LogP contribution in [0.4, 0.5) is 4.79 Å². The summed E-state index contributed by atoms with van der Waals surface area (Å²) in [5.74, 6) is -0.690. The largest absolute Gasteiger partial charge is 0.481 e. The van der Waals surface area contributed by atoms with Crippen molar-refractivity contribution in [1.29, 1.82) is 0 Å². The lowest BCUT2D eigenvalue weighted by atomic mass is 9.86. The third-order valence-corrected chi connectivity index (χ3v) is 3.88. The number of carboxylic acids is 1. The fourth-order valence-electron chi connectivity index (χ4n) is 2.46. The maximum atomic E-state index is 11.9. The van der Waals surface area contributed by atoms with Crippen LogP contribution in [0.3, 0.4) is 0 Å². The highest BCUT2D eigenvalue weighted by Crippen LogP contribution is 2.24. The fraction of sp³-hybridized carbons (Fsp3) is 0.857. The smallest absolute Gasteiger partial charge is 0.315 e. The van der Waals surface area contributed by atoms with E-state index in [1.165, 1.54) is 0 Å². The summed E-state index contributed by atoms with van der Waals surface area (Å²) in [4.78, 5) is 22.8. The Hall–Kier alpha value is -1.30. The molecule has 1 unspecified atom stereocenters. The molecular weight excluding hydrogens is 260 g/mol. The first-order valence-electron chi connectivity index (χ1n) is 7.22. The lowest BCUT2D eigenvalue weighted by Crippen LogP contribution is -2.50. The van der Waals surface area contributed by atoms with Gasteiger partial charge in [-0.1, -0.05) is 13.8 Å². The van der Waals surface area contributed by atoms with E-state index in [2.05, 4.69) is 10.6 Å². The monoisotopic (exact) mass is 286 g/mol. The van der Waals surface area contributed by atoms with E-state index in [1.54, 1.807) is 7.11 Å². The Morgan fingerprint density at radius 1 is 1.25 bits per heavy atom. The second-order valence-corrected chi connectivity index (χ2v) is 5.81. The van der Waals surface area contributed by atoms with Crippen molar-refractivity contribution in [3.05, 3.63) is 0 Å². The molecule has 0 bridgehead atoms. The molecule has 6 nitrogen and oxygen atoms in total. The zero-order valence-electron chi connectivity index (χ0n) is 12.5. The van der Waals surface area contributed by atoms with Crippen molar-refractivity contribution in [1.82, 2.24) is 10.6 Å². The lowest BCUT2D eigenvalue weighted by Gasteiger charge is -2.28. The summed E-state index contributed by atoms with van der Waals surface area (Å²) in [6.45, 7) is 4.54. The number of methoxy groups -OCH3 is 1. The summed E-state index contributed by atoms with van der Waals surface area (Å²) in [5.41, 5.74) is 0. The number of urea groups is 1. The van der Waals surface area contributed by atoms with Gasteiger partial charge in [-0.25, -0.2) is 4.79 Å². The molecule has 0 radical (unpaired) electrons. The first-order chi connectivity index (χ1) is 9.43. The third-order valence-electron chi connectivity index (χ3n) is 3.88. The van der Waals surface area contributed by atoms with Gasteiger partial charge in [-0.2, -0.15) is 0 Å². The van der Waals surface area contributed by atoms with Crippen molar-refractivity contribution in [3.8, 4) is 0 Å². The Morgan fingerprint density at radius 2 is 1.85 bits per heavy atom. The molecule has 1 atom stereocenters. The molecule has 1 saturated carbocycles. The molecule has 1 aliphatic rings. The van der Waals surface area contributed by atoms with E-state index in [9.17, 15) is 9.59 Å².